The lowest BCUT2D eigenvalue weighted by Crippen LogP contribution is -2.29. The van der Waals surface area contributed by atoms with Crippen molar-refractivity contribution in [2.24, 2.45) is 0 Å². The Balaban J connectivity index is 1.59. The Labute approximate surface area is 248 Å². The van der Waals surface area contributed by atoms with Crippen LogP contribution < -0.4 is 15.1 Å². The molecule has 2 aromatic carbocycles. The molecule has 5 rings (SSSR count). The third kappa shape index (κ3) is 5.48. The molecule has 0 bridgehead atoms. The van der Waals surface area contributed by atoms with Gasteiger partial charge in [-0.2, -0.15) is 0 Å². The number of aryl methyl sites for hydroxylation is 3. The molecule has 0 radical (unpaired) electrons. The topological polar surface area (TPSA) is 98.9 Å². The molecule has 0 saturated carbocycles. The van der Waals surface area contributed by atoms with E-state index in [4.69, 9.17) is 13.9 Å². The Morgan fingerprint density at radius 3 is 2.55 bits per heavy atom. The first-order valence-corrected chi connectivity index (χ1v) is 15.0. The van der Waals surface area contributed by atoms with Gasteiger partial charge in [0.25, 0.3) is 5.91 Å². The molecule has 0 aliphatic carbocycles. The van der Waals surface area contributed by atoms with E-state index in [-0.39, 0.29) is 33.4 Å². The highest BCUT2D eigenvalue weighted by atomic mass is 32.1. The van der Waals surface area contributed by atoms with Gasteiger partial charge in [-0.3, -0.25) is 14.5 Å². The number of carbonyl (C=O) groups is 2. The van der Waals surface area contributed by atoms with Gasteiger partial charge in [0.15, 0.2) is 10.6 Å². The van der Waals surface area contributed by atoms with Crippen molar-refractivity contribution in [2.45, 2.75) is 59.4 Å². The maximum atomic E-state index is 14.0. The largest absolute Gasteiger partial charge is 0.494 e. The molecule has 1 unspecified atom stereocenters. The third-order valence-electron chi connectivity index (χ3n) is 7.46. The first kappa shape index (κ1) is 29.3. The number of esters is 1. The lowest BCUT2D eigenvalue weighted by atomic mass is 9.97. The fourth-order valence-electron chi connectivity index (χ4n) is 5.08. The molecule has 1 aliphatic rings. The summed E-state index contributed by atoms with van der Waals surface area (Å²) in [5.74, 6) is -0.368. The summed E-state index contributed by atoms with van der Waals surface area (Å²) in [6, 6.07) is 10.2. The summed E-state index contributed by atoms with van der Waals surface area (Å²) in [5.41, 5.74) is 3.34. The quantitative estimate of drug-likeness (QED) is 0.104. The molecule has 42 heavy (non-hydrogen) atoms. The van der Waals surface area contributed by atoms with Gasteiger partial charge in [0.05, 0.1) is 29.3 Å². The lowest BCUT2D eigenvalue weighted by molar-refractivity contribution is 0.0554. The maximum absolute atomic E-state index is 14.0. The second kappa shape index (κ2) is 12.3. The number of carbonyl (C=O) groups excluding carboxylic acids is 2. The molecule has 1 atom stereocenters. The minimum absolute atomic E-state index is 0.0272. The van der Waals surface area contributed by atoms with Crippen molar-refractivity contribution in [1.29, 1.82) is 0 Å². The van der Waals surface area contributed by atoms with Crippen molar-refractivity contribution in [2.75, 3.05) is 18.1 Å². The Hall–Kier alpha value is -4.24. The number of nitrogens with zero attached hydrogens (tertiary/aromatic N) is 2. The smallest absolute Gasteiger partial charge is 0.350 e. The number of hydrogen-bond donors (Lipinski definition) is 0. The van der Waals surface area contributed by atoms with Crippen LogP contribution in [0, 0.1) is 20.8 Å². The number of aromatic nitrogens is 1. The van der Waals surface area contributed by atoms with E-state index >= 15 is 0 Å². The first-order valence-electron chi connectivity index (χ1n) is 14.1. The van der Waals surface area contributed by atoms with Crippen LogP contribution in [0.5, 0.6) is 5.75 Å². The zero-order valence-corrected chi connectivity index (χ0v) is 25.1. The van der Waals surface area contributed by atoms with Crippen LogP contribution in [-0.4, -0.2) is 30.1 Å². The summed E-state index contributed by atoms with van der Waals surface area (Å²) < 4.78 is 17.3. The van der Waals surface area contributed by atoms with Crippen LogP contribution in [0.1, 0.15) is 86.8 Å². The standard InChI is InChI=1S/C33H34N2O6S/c1-6-8-9-10-16-39-23-13-11-22(12-14-23)27-26-28(36)24-17-19(3)20(4)18-25(24)41-29(26)31(37)35(27)33-34-21(5)30(42-33)32(38)40-15-7-2/h7,11-14,17-18,27H,2,6,8-10,15-16H2,1,3-5H3. The molecule has 0 saturated heterocycles. The van der Waals surface area contributed by atoms with E-state index in [2.05, 4.69) is 18.5 Å². The summed E-state index contributed by atoms with van der Waals surface area (Å²) in [4.78, 5) is 47.0. The normalized spacial score (nSPS) is 14.3. The average molecular weight is 587 g/mol. The predicted molar refractivity (Wildman–Crippen MR) is 164 cm³/mol. The molecular formula is C33H34N2O6S. The summed E-state index contributed by atoms with van der Waals surface area (Å²) >= 11 is 1.04. The number of rotatable bonds is 11. The Bertz CT molecular complexity index is 1720. The van der Waals surface area contributed by atoms with E-state index in [1.165, 1.54) is 17.4 Å². The van der Waals surface area contributed by atoms with Gasteiger partial charge in [-0.05, 0) is 68.1 Å². The number of anilines is 1. The van der Waals surface area contributed by atoms with Crippen molar-refractivity contribution in [3.05, 3.63) is 97.9 Å². The van der Waals surface area contributed by atoms with Crippen molar-refractivity contribution >= 4 is 39.3 Å². The average Bonchev–Trinajstić information content (AvgIpc) is 3.50. The van der Waals surface area contributed by atoms with Crippen molar-refractivity contribution < 1.29 is 23.5 Å². The zero-order chi connectivity index (χ0) is 30.0. The first-order chi connectivity index (χ1) is 20.2. The number of benzene rings is 2. The van der Waals surface area contributed by atoms with Crippen LogP contribution in [0.4, 0.5) is 5.13 Å². The van der Waals surface area contributed by atoms with Crippen molar-refractivity contribution in [3.63, 3.8) is 0 Å². The van der Waals surface area contributed by atoms with Crippen LogP contribution in [0.2, 0.25) is 0 Å². The molecule has 1 amide bonds. The number of thiazole rings is 1. The summed E-state index contributed by atoms with van der Waals surface area (Å²) in [6.45, 7) is 12.0. The Morgan fingerprint density at radius 2 is 1.83 bits per heavy atom. The molecule has 1 aliphatic heterocycles. The molecule has 0 spiro atoms. The molecule has 0 fully saturated rings. The lowest BCUT2D eigenvalue weighted by Gasteiger charge is -2.22. The van der Waals surface area contributed by atoms with E-state index in [0.29, 0.717) is 34.6 Å². The van der Waals surface area contributed by atoms with E-state index < -0.39 is 17.9 Å². The monoisotopic (exact) mass is 586 g/mol. The number of fused-ring (bicyclic) bond motifs is 2. The van der Waals surface area contributed by atoms with Gasteiger partial charge in [-0.15, -0.1) is 0 Å². The number of hydrogen-bond acceptors (Lipinski definition) is 8. The molecule has 2 aromatic heterocycles. The summed E-state index contributed by atoms with van der Waals surface area (Å²) in [5, 5.41) is 0.680. The highest BCUT2D eigenvalue weighted by molar-refractivity contribution is 7.17. The van der Waals surface area contributed by atoms with Crippen LogP contribution in [0.15, 0.2) is 58.3 Å². The minimum Gasteiger partial charge on any atom is -0.494 e. The van der Waals surface area contributed by atoms with Crippen LogP contribution >= 0.6 is 11.3 Å². The molecule has 218 valence electrons. The fraction of sp³-hybridized carbons (Fsp3) is 0.333. The van der Waals surface area contributed by atoms with Gasteiger partial charge in [-0.1, -0.05) is 62.3 Å². The second-order valence-electron chi connectivity index (χ2n) is 10.5. The van der Waals surface area contributed by atoms with Crippen molar-refractivity contribution in [3.8, 4) is 5.75 Å². The van der Waals surface area contributed by atoms with Crippen LogP contribution in [-0.2, 0) is 4.74 Å². The number of unbranched alkanes of at least 4 members (excludes halogenated alkanes) is 3. The maximum Gasteiger partial charge on any atom is 0.350 e. The van der Waals surface area contributed by atoms with Gasteiger partial charge >= 0.3 is 5.97 Å². The summed E-state index contributed by atoms with van der Waals surface area (Å²) in [6.07, 6.45) is 5.90. The summed E-state index contributed by atoms with van der Waals surface area (Å²) in [7, 11) is 0. The highest BCUT2D eigenvalue weighted by Crippen LogP contribution is 2.43. The third-order valence-corrected chi connectivity index (χ3v) is 8.59. The fourth-order valence-corrected chi connectivity index (χ4v) is 6.07. The van der Waals surface area contributed by atoms with E-state index in [1.807, 2.05) is 38.1 Å². The molecule has 9 heteroatoms. The van der Waals surface area contributed by atoms with Gasteiger partial charge in [0.1, 0.15) is 22.8 Å². The molecule has 0 N–H and O–H groups in total. The SMILES string of the molecule is C=CCOC(=O)c1sc(N2C(=O)c3oc4cc(C)c(C)cc4c(=O)c3C2c2ccc(OCCCCCC)cc2)nc1C. The van der Waals surface area contributed by atoms with Crippen LogP contribution in [0.25, 0.3) is 11.0 Å². The number of ether oxygens (including phenoxy) is 2. The Morgan fingerprint density at radius 1 is 1.10 bits per heavy atom. The van der Waals surface area contributed by atoms with Crippen molar-refractivity contribution in [1.82, 2.24) is 4.98 Å². The van der Waals surface area contributed by atoms with E-state index in [0.717, 1.165) is 41.7 Å². The van der Waals surface area contributed by atoms with E-state index in [9.17, 15) is 14.4 Å². The van der Waals surface area contributed by atoms with Gasteiger partial charge in [0, 0.05) is 0 Å². The zero-order valence-electron chi connectivity index (χ0n) is 24.3. The molecular weight excluding hydrogens is 552 g/mol. The van der Waals surface area contributed by atoms with Crippen LogP contribution in [0.3, 0.4) is 0 Å². The highest BCUT2D eigenvalue weighted by Gasteiger charge is 2.45. The van der Waals surface area contributed by atoms with E-state index in [1.54, 1.807) is 19.1 Å². The second-order valence-corrected chi connectivity index (χ2v) is 11.4. The molecule has 3 heterocycles. The molecule has 8 nitrogen and oxygen atoms in total. The van der Waals surface area contributed by atoms with Gasteiger partial charge in [0.2, 0.25) is 5.76 Å². The van der Waals surface area contributed by atoms with Gasteiger partial charge < -0.3 is 13.9 Å². The molecule has 4 aromatic rings. The number of amides is 1. The van der Waals surface area contributed by atoms with Gasteiger partial charge in [-0.25, -0.2) is 9.78 Å². The predicted octanol–water partition coefficient (Wildman–Crippen LogP) is 7.23. The minimum atomic E-state index is -0.809. The Kier molecular flexibility index (Phi) is 8.59.